The molecule has 0 saturated carbocycles. The highest BCUT2D eigenvalue weighted by Crippen LogP contribution is 2.38. The monoisotopic (exact) mass is 390 g/mol. The molecule has 2 fully saturated rings. The van der Waals surface area contributed by atoms with Crippen LogP contribution >= 0.6 is 0 Å². The molecule has 1 spiro atoms. The Morgan fingerprint density at radius 1 is 1.03 bits per heavy atom. The second-order valence-corrected chi connectivity index (χ2v) is 8.23. The van der Waals surface area contributed by atoms with E-state index in [0.29, 0.717) is 17.8 Å². The third kappa shape index (κ3) is 3.51. The second kappa shape index (κ2) is 7.56. The summed E-state index contributed by atoms with van der Waals surface area (Å²) in [6, 6.07) is 17.5. The molecule has 1 N–H and O–H groups in total. The standard InChI is InChI=1S/C24H26N2O3/c27-23(26-14-11-24(12-15-26)10-13-25-17-24)22-20(16-28-18-6-2-1-3-7-18)19-8-4-5-9-21(19)29-22/h1-9,25H,10-17H2. The van der Waals surface area contributed by atoms with Gasteiger partial charge in [0.25, 0.3) is 5.91 Å². The third-order valence-corrected chi connectivity index (χ3v) is 6.46. The lowest BCUT2D eigenvalue weighted by Crippen LogP contribution is -2.44. The number of rotatable bonds is 4. The lowest BCUT2D eigenvalue weighted by atomic mass is 9.78. The number of amides is 1. The number of carbonyl (C=O) groups is 1. The minimum Gasteiger partial charge on any atom is -0.489 e. The molecule has 0 atom stereocenters. The van der Waals surface area contributed by atoms with Gasteiger partial charge in [0, 0.05) is 30.6 Å². The van der Waals surface area contributed by atoms with Crippen molar-refractivity contribution in [3.8, 4) is 5.75 Å². The maximum absolute atomic E-state index is 13.4. The van der Waals surface area contributed by atoms with E-state index in [-0.39, 0.29) is 5.91 Å². The van der Waals surface area contributed by atoms with Crippen LogP contribution in [0.4, 0.5) is 0 Å². The van der Waals surface area contributed by atoms with E-state index in [1.165, 1.54) is 6.42 Å². The number of furan rings is 1. The van der Waals surface area contributed by atoms with Crippen LogP contribution in [0.2, 0.25) is 0 Å². The number of fused-ring (bicyclic) bond motifs is 1. The summed E-state index contributed by atoms with van der Waals surface area (Å²) in [5.74, 6) is 1.18. The minimum absolute atomic E-state index is 0.0198. The SMILES string of the molecule is O=C(c1oc2ccccc2c1COc1ccccc1)N1CCC2(CCNC2)CC1. The number of nitrogens with one attached hydrogen (secondary N) is 1. The predicted molar refractivity (Wildman–Crippen MR) is 112 cm³/mol. The molecule has 5 nitrogen and oxygen atoms in total. The van der Waals surface area contributed by atoms with Gasteiger partial charge >= 0.3 is 0 Å². The molecule has 1 aromatic heterocycles. The number of nitrogens with zero attached hydrogens (tertiary/aromatic N) is 1. The zero-order valence-electron chi connectivity index (χ0n) is 16.5. The van der Waals surface area contributed by atoms with Crippen LogP contribution in [0.1, 0.15) is 35.4 Å². The molecule has 0 aliphatic carbocycles. The van der Waals surface area contributed by atoms with Crippen molar-refractivity contribution in [1.82, 2.24) is 10.2 Å². The maximum Gasteiger partial charge on any atom is 0.290 e. The number of carbonyl (C=O) groups excluding carboxylic acids is 1. The fraction of sp³-hybridized carbons (Fsp3) is 0.375. The summed E-state index contributed by atoms with van der Waals surface area (Å²) in [4.78, 5) is 15.3. The van der Waals surface area contributed by atoms with E-state index in [0.717, 1.165) is 61.3 Å². The average Bonchev–Trinajstić information content (AvgIpc) is 3.38. The van der Waals surface area contributed by atoms with Gasteiger partial charge in [0.05, 0.1) is 0 Å². The number of ether oxygens (including phenoxy) is 1. The van der Waals surface area contributed by atoms with Crippen LogP contribution in [0.25, 0.3) is 11.0 Å². The van der Waals surface area contributed by atoms with Gasteiger partial charge in [-0.25, -0.2) is 0 Å². The molecule has 5 heteroatoms. The molecule has 0 bridgehead atoms. The Bertz CT molecular complexity index is 995. The van der Waals surface area contributed by atoms with Crippen molar-refractivity contribution in [2.24, 2.45) is 5.41 Å². The van der Waals surface area contributed by atoms with Crippen LogP contribution < -0.4 is 10.1 Å². The summed E-state index contributed by atoms with van der Waals surface area (Å²) in [7, 11) is 0. The molecule has 29 heavy (non-hydrogen) atoms. The first-order chi connectivity index (χ1) is 14.2. The lowest BCUT2D eigenvalue weighted by molar-refractivity contribution is 0.0576. The van der Waals surface area contributed by atoms with Crippen LogP contribution in [0.15, 0.2) is 59.0 Å². The van der Waals surface area contributed by atoms with Crippen molar-refractivity contribution in [3.63, 3.8) is 0 Å². The third-order valence-electron chi connectivity index (χ3n) is 6.46. The Morgan fingerprint density at radius 3 is 2.55 bits per heavy atom. The molecular weight excluding hydrogens is 364 g/mol. The van der Waals surface area contributed by atoms with Gasteiger partial charge in [-0.1, -0.05) is 36.4 Å². The molecule has 0 radical (unpaired) electrons. The van der Waals surface area contributed by atoms with Gasteiger partial charge < -0.3 is 19.4 Å². The van der Waals surface area contributed by atoms with E-state index < -0.39 is 0 Å². The largest absolute Gasteiger partial charge is 0.489 e. The van der Waals surface area contributed by atoms with E-state index in [2.05, 4.69) is 5.32 Å². The van der Waals surface area contributed by atoms with Crippen LogP contribution in [0, 0.1) is 5.41 Å². The number of hydrogen-bond acceptors (Lipinski definition) is 4. The Hall–Kier alpha value is -2.79. The molecular formula is C24H26N2O3. The van der Waals surface area contributed by atoms with E-state index in [9.17, 15) is 4.79 Å². The van der Waals surface area contributed by atoms with Gasteiger partial charge in [0.15, 0.2) is 5.76 Å². The highest BCUT2D eigenvalue weighted by Gasteiger charge is 2.39. The van der Waals surface area contributed by atoms with Crippen LogP contribution in [-0.2, 0) is 6.61 Å². The number of para-hydroxylation sites is 2. The maximum atomic E-state index is 13.4. The van der Waals surface area contributed by atoms with Gasteiger partial charge in [0.2, 0.25) is 0 Å². The Balaban J connectivity index is 1.39. The highest BCUT2D eigenvalue weighted by molar-refractivity contribution is 5.99. The Labute approximate surface area is 170 Å². The topological polar surface area (TPSA) is 54.7 Å². The second-order valence-electron chi connectivity index (χ2n) is 8.23. The molecule has 2 aliphatic rings. The van der Waals surface area contributed by atoms with Crippen molar-refractivity contribution in [2.75, 3.05) is 26.2 Å². The van der Waals surface area contributed by atoms with E-state index >= 15 is 0 Å². The smallest absolute Gasteiger partial charge is 0.290 e. The first-order valence-electron chi connectivity index (χ1n) is 10.4. The normalized spacial score (nSPS) is 18.4. The summed E-state index contributed by atoms with van der Waals surface area (Å²) < 4.78 is 12.0. The van der Waals surface area contributed by atoms with Crippen LogP contribution in [0.3, 0.4) is 0 Å². The molecule has 5 rings (SSSR count). The van der Waals surface area contributed by atoms with Crippen LogP contribution in [-0.4, -0.2) is 37.0 Å². The van der Waals surface area contributed by atoms with E-state index in [1.54, 1.807) is 0 Å². The first-order valence-corrected chi connectivity index (χ1v) is 10.4. The highest BCUT2D eigenvalue weighted by atomic mass is 16.5. The number of piperidine rings is 1. The molecule has 2 aliphatic heterocycles. The summed E-state index contributed by atoms with van der Waals surface area (Å²) in [5, 5.41) is 4.42. The fourth-order valence-corrected chi connectivity index (χ4v) is 4.64. The Kier molecular flexibility index (Phi) is 4.76. The summed E-state index contributed by atoms with van der Waals surface area (Å²) >= 11 is 0. The van der Waals surface area contributed by atoms with Crippen LogP contribution in [0.5, 0.6) is 5.75 Å². The molecule has 1 amide bonds. The zero-order valence-corrected chi connectivity index (χ0v) is 16.5. The molecule has 150 valence electrons. The quantitative estimate of drug-likeness (QED) is 0.724. The average molecular weight is 390 g/mol. The van der Waals surface area contributed by atoms with E-state index in [4.69, 9.17) is 9.15 Å². The molecule has 3 heterocycles. The van der Waals surface area contributed by atoms with Crippen molar-refractivity contribution in [1.29, 1.82) is 0 Å². The number of benzene rings is 2. The fourth-order valence-electron chi connectivity index (χ4n) is 4.64. The molecule has 2 aromatic carbocycles. The molecule has 3 aromatic rings. The van der Waals surface area contributed by atoms with Gasteiger partial charge in [0.1, 0.15) is 17.9 Å². The summed E-state index contributed by atoms with van der Waals surface area (Å²) in [6.07, 6.45) is 3.33. The van der Waals surface area contributed by atoms with Crippen molar-refractivity contribution >= 4 is 16.9 Å². The van der Waals surface area contributed by atoms with Gasteiger partial charge in [-0.3, -0.25) is 4.79 Å². The summed E-state index contributed by atoms with van der Waals surface area (Å²) in [6.45, 7) is 4.06. The number of likely N-dealkylation sites (tertiary alicyclic amines) is 1. The summed E-state index contributed by atoms with van der Waals surface area (Å²) in [5.41, 5.74) is 1.94. The molecule has 0 unspecified atom stereocenters. The van der Waals surface area contributed by atoms with Gasteiger partial charge in [-0.2, -0.15) is 0 Å². The van der Waals surface area contributed by atoms with E-state index in [1.807, 2.05) is 59.5 Å². The zero-order chi connectivity index (χ0) is 19.7. The first kappa shape index (κ1) is 18.3. The minimum atomic E-state index is -0.0198. The number of hydrogen-bond donors (Lipinski definition) is 1. The van der Waals surface area contributed by atoms with Crippen molar-refractivity contribution in [3.05, 3.63) is 65.9 Å². The van der Waals surface area contributed by atoms with Gasteiger partial charge in [-0.15, -0.1) is 0 Å². The predicted octanol–water partition coefficient (Wildman–Crippen LogP) is 4.23. The van der Waals surface area contributed by atoms with Crippen molar-refractivity contribution < 1.29 is 13.9 Å². The lowest BCUT2D eigenvalue weighted by Gasteiger charge is -2.38. The molecule has 2 saturated heterocycles. The Morgan fingerprint density at radius 2 is 1.79 bits per heavy atom. The van der Waals surface area contributed by atoms with Crippen molar-refractivity contribution in [2.45, 2.75) is 25.9 Å². The van der Waals surface area contributed by atoms with Gasteiger partial charge in [-0.05, 0) is 49.4 Å².